The van der Waals surface area contributed by atoms with Crippen molar-refractivity contribution in [1.29, 1.82) is 0 Å². The van der Waals surface area contributed by atoms with Crippen LogP contribution in [0, 0.1) is 17.8 Å². The molecule has 3 nitrogen and oxygen atoms in total. The Morgan fingerprint density at radius 3 is 2.45 bits per heavy atom. The Morgan fingerprint density at radius 1 is 1.20 bits per heavy atom. The molecule has 4 saturated carbocycles. The van der Waals surface area contributed by atoms with Gasteiger partial charge in [-0.1, -0.05) is 0 Å². The van der Waals surface area contributed by atoms with E-state index >= 15 is 0 Å². The summed E-state index contributed by atoms with van der Waals surface area (Å²) in [5.41, 5.74) is 0.239. The molecule has 0 unspecified atom stereocenters. The number of ether oxygens (including phenoxy) is 1. The maximum absolute atomic E-state index is 5.71. The van der Waals surface area contributed by atoms with E-state index in [0.717, 1.165) is 29.3 Å². The molecule has 4 aliphatic carbocycles. The Bertz CT molecular complexity index is 482. The largest absolute Gasteiger partial charge is 0.458 e. The molecule has 0 atom stereocenters. The second kappa shape index (κ2) is 4.73. The van der Waals surface area contributed by atoms with Gasteiger partial charge in [-0.3, -0.25) is 4.99 Å². The summed E-state index contributed by atoms with van der Waals surface area (Å²) in [6.45, 7) is 0.533. The lowest BCUT2D eigenvalue weighted by atomic mass is 9.53. The highest BCUT2D eigenvalue weighted by Gasteiger charge is 2.50. The predicted molar refractivity (Wildman–Crippen MR) is 77.9 cm³/mol. The van der Waals surface area contributed by atoms with Crippen LogP contribution in [0.4, 0.5) is 0 Å². The molecule has 108 valence electrons. The molecule has 0 N–H and O–H groups in total. The molecular weight excluding hydrogens is 250 g/mol. The fraction of sp³-hybridized carbons (Fsp3) is 0.706. The topological polar surface area (TPSA) is 34.7 Å². The van der Waals surface area contributed by atoms with Crippen molar-refractivity contribution in [1.82, 2.24) is 0 Å². The van der Waals surface area contributed by atoms with Crippen molar-refractivity contribution >= 4 is 6.21 Å². The normalized spacial score (nSPS) is 39.0. The molecule has 0 aliphatic heterocycles. The van der Waals surface area contributed by atoms with Crippen molar-refractivity contribution in [3.05, 3.63) is 23.7 Å². The summed E-state index contributed by atoms with van der Waals surface area (Å²) < 4.78 is 10.8. The second-order valence-corrected chi connectivity index (χ2v) is 7.14. The van der Waals surface area contributed by atoms with Gasteiger partial charge in [0.05, 0.1) is 11.8 Å². The Labute approximate surface area is 120 Å². The summed E-state index contributed by atoms with van der Waals surface area (Å²) in [6.07, 6.45) is 10.3. The van der Waals surface area contributed by atoms with Crippen LogP contribution in [0.1, 0.15) is 50.0 Å². The Kier molecular flexibility index (Phi) is 2.99. The highest BCUT2D eigenvalue weighted by atomic mass is 16.5. The van der Waals surface area contributed by atoms with Crippen LogP contribution in [0.15, 0.2) is 21.5 Å². The third kappa shape index (κ3) is 2.22. The smallest absolute Gasteiger partial charge is 0.144 e. The third-order valence-electron chi connectivity index (χ3n) is 5.44. The van der Waals surface area contributed by atoms with Crippen LogP contribution < -0.4 is 0 Å². The van der Waals surface area contributed by atoms with Crippen LogP contribution in [0.5, 0.6) is 0 Å². The summed E-state index contributed by atoms with van der Waals surface area (Å²) in [5, 5.41) is 0. The molecule has 20 heavy (non-hydrogen) atoms. The quantitative estimate of drug-likeness (QED) is 0.782. The van der Waals surface area contributed by atoms with Gasteiger partial charge < -0.3 is 9.15 Å². The number of aliphatic imine (C=N–C) groups is 1. The minimum absolute atomic E-state index is 0.239. The molecule has 1 aromatic rings. The SMILES string of the molecule is COCc1ccc(C=NC23CC4CC(CC(C4)C2)C3)o1. The van der Waals surface area contributed by atoms with Crippen molar-refractivity contribution in [2.45, 2.75) is 50.7 Å². The van der Waals surface area contributed by atoms with Crippen molar-refractivity contribution in [2.24, 2.45) is 22.7 Å². The molecule has 0 radical (unpaired) electrons. The van der Waals surface area contributed by atoms with E-state index in [9.17, 15) is 0 Å². The first-order chi connectivity index (χ1) is 9.75. The van der Waals surface area contributed by atoms with Crippen LogP contribution in [0.2, 0.25) is 0 Å². The lowest BCUT2D eigenvalue weighted by molar-refractivity contribution is 0.00190. The molecule has 1 aromatic heterocycles. The first kappa shape index (κ1) is 12.6. The predicted octanol–water partition coefficient (Wildman–Crippen LogP) is 3.81. The average molecular weight is 273 g/mol. The Hall–Kier alpha value is -1.09. The van der Waals surface area contributed by atoms with E-state index in [1.54, 1.807) is 7.11 Å². The second-order valence-electron chi connectivity index (χ2n) is 7.14. The van der Waals surface area contributed by atoms with Gasteiger partial charge in [0, 0.05) is 7.11 Å². The Morgan fingerprint density at radius 2 is 1.85 bits per heavy atom. The fourth-order valence-electron chi connectivity index (χ4n) is 5.11. The van der Waals surface area contributed by atoms with Crippen LogP contribution >= 0.6 is 0 Å². The minimum atomic E-state index is 0.239. The number of hydrogen-bond donors (Lipinski definition) is 0. The maximum atomic E-state index is 5.71. The molecular formula is C17H23NO2. The van der Waals surface area contributed by atoms with Crippen molar-refractivity contribution < 1.29 is 9.15 Å². The van der Waals surface area contributed by atoms with E-state index in [2.05, 4.69) is 0 Å². The molecule has 3 heteroatoms. The van der Waals surface area contributed by atoms with Gasteiger partial charge >= 0.3 is 0 Å². The monoisotopic (exact) mass is 273 g/mol. The van der Waals surface area contributed by atoms with E-state index in [4.69, 9.17) is 14.1 Å². The Balaban J connectivity index is 1.51. The van der Waals surface area contributed by atoms with Crippen LogP contribution in [0.3, 0.4) is 0 Å². The van der Waals surface area contributed by atoms with Crippen LogP contribution in [-0.4, -0.2) is 18.9 Å². The zero-order valence-electron chi connectivity index (χ0n) is 12.2. The van der Waals surface area contributed by atoms with Gasteiger partial charge in [-0.25, -0.2) is 0 Å². The summed E-state index contributed by atoms with van der Waals surface area (Å²) in [4.78, 5) is 5.00. The number of nitrogens with zero attached hydrogens (tertiary/aromatic N) is 1. The van der Waals surface area contributed by atoms with E-state index < -0.39 is 0 Å². The zero-order valence-corrected chi connectivity index (χ0v) is 12.2. The maximum Gasteiger partial charge on any atom is 0.144 e. The fourth-order valence-corrected chi connectivity index (χ4v) is 5.11. The first-order valence-electron chi connectivity index (χ1n) is 7.87. The summed E-state index contributed by atoms with van der Waals surface area (Å²) >= 11 is 0. The van der Waals surface area contributed by atoms with Crippen molar-refractivity contribution in [3.8, 4) is 0 Å². The summed E-state index contributed by atoms with van der Waals surface area (Å²) in [5.74, 6) is 4.57. The minimum Gasteiger partial charge on any atom is -0.458 e. The van der Waals surface area contributed by atoms with Crippen LogP contribution in [-0.2, 0) is 11.3 Å². The zero-order chi connectivity index (χ0) is 13.6. The average Bonchev–Trinajstić information content (AvgIpc) is 2.83. The molecule has 5 rings (SSSR count). The number of methoxy groups -OCH3 is 1. The summed E-state index contributed by atoms with van der Waals surface area (Å²) in [6, 6.07) is 3.98. The highest BCUT2D eigenvalue weighted by Crippen LogP contribution is 2.57. The van der Waals surface area contributed by atoms with Crippen molar-refractivity contribution in [3.63, 3.8) is 0 Å². The van der Waals surface area contributed by atoms with E-state index in [-0.39, 0.29) is 5.54 Å². The van der Waals surface area contributed by atoms with Crippen LogP contribution in [0.25, 0.3) is 0 Å². The number of furan rings is 1. The van der Waals surface area contributed by atoms with Gasteiger partial charge in [0.25, 0.3) is 0 Å². The standard InChI is InChI=1S/C17H23NO2/c1-19-11-16-3-2-15(20-16)10-18-17-7-12-4-13(8-17)6-14(5-12)9-17/h2-3,10,12-14H,4-9,11H2,1H3. The van der Waals surface area contributed by atoms with Gasteiger partial charge in [-0.2, -0.15) is 0 Å². The molecule has 0 spiro atoms. The number of rotatable bonds is 4. The molecule has 0 amide bonds. The molecule has 1 heterocycles. The lowest BCUT2D eigenvalue weighted by Gasteiger charge is -2.54. The van der Waals surface area contributed by atoms with Gasteiger partial charge in [0.15, 0.2) is 0 Å². The van der Waals surface area contributed by atoms with Gasteiger partial charge in [0.2, 0.25) is 0 Å². The molecule has 4 fully saturated rings. The number of hydrogen-bond acceptors (Lipinski definition) is 3. The van der Waals surface area contributed by atoms with Gasteiger partial charge in [-0.15, -0.1) is 0 Å². The highest BCUT2D eigenvalue weighted by molar-refractivity contribution is 5.76. The molecule has 0 aromatic carbocycles. The van der Waals surface area contributed by atoms with E-state index in [1.807, 2.05) is 18.3 Å². The molecule has 4 aliphatic rings. The van der Waals surface area contributed by atoms with E-state index in [0.29, 0.717) is 6.61 Å². The third-order valence-corrected chi connectivity index (χ3v) is 5.44. The summed E-state index contributed by atoms with van der Waals surface area (Å²) in [7, 11) is 1.69. The molecule has 0 saturated heterocycles. The molecule has 4 bridgehead atoms. The lowest BCUT2D eigenvalue weighted by Crippen LogP contribution is -2.49. The van der Waals surface area contributed by atoms with Gasteiger partial charge in [0.1, 0.15) is 18.1 Å². The van der Waals surface area contributed by atoms with E-state index in [1.165, 1.54) is 38.5 Å². The first-order valence-corrected chi connectivity index (χ1v) is 7.87. The van der Waals surface area contributed by atoms with Crippen molar-refractivity contribution in [2.75, 3.05) is 7.11 Å². The van der Waals surface area contributed by atoms with Gasteiger partial charge in [-0.05, 0) is 68.4 Å².